The minimum absolute atomic E-state index is 0.113. The Labute approximate surface area is 106 Å². The molecule has 0 unspecified atom stereocenters. The van der Waals surface area contributed by atoms with Crippen LogP contribution in [0.4, 0.5) is 0 Å². The number of oxazole rings is 1. The number of carboxylic acids is 1. The zero-order valence-corrected chi connectivity index (χ0v) is 10.9. The first-order chi connectivity index (χ1) is 7.97. The molecule has 0 fully saturated rings. The van der Waals surface area contributed by atoms with Crippen LogP contribution in [0.1, 0.15) is 21.8 Å². The Balaban J connectivity index is 2.53. The molecule has 0 aliphatic rings. The van der Waals surface area contributed by atoms with Crippen molar-refractivity contribution in [2.24, 2.45) is 0 Å². The monoisotopic (exact) mass is 295 g/mol. The molecule has 0 radical (unpaired) electrons. The van der Waals surface area contributed by atoms with Gasteiger partial charge in [0.1, 0.15) is 0 Å². The zero-order chi connectivity index (χ0) is 12.6. The zero-order valence-electron chi connectivity index (χ0n) is 9.32. The lowest BCUT2D eigenvalue weighted by atomic mass is 10.1. The highest BCUT2D eigenvalue weighted by Crippen LogP contribution is 2.26. The van der Waals surface area contributed by atoms with Crippen molar-refractivity contribution in [1.29, 1.82) is 0 Å². The molecule has 5 heteroatoms. The molecular weight excluding hydrogens is 286 g/mol. The summed E-state index contributed by atoms with van der Waals surface area (Å²) >= 11 is 3.38. The van der Waals surface area contributed by atoms with Crippen LogP contribution in [0.2, 0.25) is 0 Å². The molecule has 1 heterocycles. The lowest BCUT2D eigenvalue weighted by molar-refractivity contribution is 0.0662. The Kier molecular flexibility index (Phi) is 3.02. The van der Waals surface area contributed by atoms with Crippen molar-refractivity contribution in [1.82, 2.24) is 4.98 Å². The van der Waals surface area contributed by atoms with E-state index < -0.39 is 5.97 Å². The van der Waals surface area contributed by atoms with Crippen LogP contribution in [0, 0.1) is 13.8 Å². The van der Waals surface area contributed by atoms with Crippen molar-refractivity contribution in [3.63, 3.8) is 0 Å². The second kappa shape index (κ2) is 4.33. The quantitative estimate of drug-likeness (QED) is 0.922. The van der Waals surface area contributed by atoms with Crippen molar-refractivity contribution in [3.8, 4) is 11.5 Å². The van der Waals surface area contributed by atoms with Crippen LogP contribution in [-0.4, -0.2) is 16.1 Å². The second-order valence-corrected chi connectivity index (χ2v) is 4.67. The molecule has 0 atom stereocenters. The van der Waals surface area contributed by atoms with Gasteiger partial charge in [0.15, 0.2) is 0 Å². The predicted octanol–water partition coefficient (Wildman–Crippen LogP) is 3.42. The standard InChI is InChI=1S/C12H10BrNO3/c1-6-3-8(5-9(13)4-6)11-14-7(2)10(17-11)12(15)16/h3-5H,1-2H3,(H,15,16). The van der Waals surface area contributed by atoms with Crippen molar-refractivity contribution < 1.29 is 14.3 Å². The number of aromatic nitrogens is 1. The third kappa shape index (κ3) is 2.39. The summed E-state index contributed by atoms with van der Waals surface area (Å²) in [6.07, 6.45) is 0. The molecule has 0 aliphatic heterocycles. The Morgan fingerprint density at radius 2 is 2.06 bits per heavy atom. The van der Waals surface area contributed by atoms with E-state index in [1.54, 1.807) is 6.92 Å². The molecule has 0 bridgehead atoms. The summed E-state index contributed by atoms with van der Waals surface area (Å²) in [6, 6.07) is 5.68. The summed E-state index contributed by atoms with van der Waals surface area (Å²) in [4.78, 5) is 15.0. The number of aryl methyl sites for hydroxylation is 2. The summed E-state index contributed by atoms with van der Waals surface area (Å²) < 4.78 is 6.14. The van der Waals surface area contributed by atoms with Gasteiger partial charge in [0.2, 0.25) is 11.7 Å². The van der Waals surface area contributed by atoms with Gasteiger partial charge in [-0.3, -0.25) is 0 Å². The summed E-state index contributed by atoms with van der Waals surface area (Å²) in [5, 5.41) is 8.89. The molecule has 2 aromatic rings. The second-order valence-electron chi connectivity index (χ2n) is 3.76. The van der Waals surface area contributed by atoms with E-state index in [1.165, 1.54) is 0 Å². The van der Waals surface area contributed by atoms with E-state index in [2.05, 4.69) is 20.9 Å². The highest BCUT2D eigenvalue weighted by atomic mass is 79.9. The summed E-state index contributed by atoms with van der Waals surface area (Å²) in [6.45, 7) is 3.56. The summed E-state index contributed by atoms with van der Waals surface area (Å²) in [5.74, 6) is -0.894. The molecule has 4 nitrogen and oxygen atoms in total. The molecule has 1 N–H and O–H groups in total. The van der Waals surface area contributed by atoms with E-state index in [9.17, 15) is 4.79 Å². The fraction of sp³-hybridized carbons (Fsp3) is 0.167. The molecule has 0 amide bonds. The first-order valence-corrected chi connectivity index (χ1v) is 5.75. The third-order valence-corrected chi connectivity index (χ3v) is 2.74. The van der Waals surface area contributed by atoms with Crippen molar-refractivity contribution >= 4 is 21.9 Å². The first kappa shape index (κ1) is 11.9. The van der Waals surface area contributed by atoms with E-state index in [4.69, 9.17) is 9.52 Å². The van der Waals surface area contributed by atoms with Crippen LogP contribution in [0.5, 0.6) is 0 Å². The smallest absolute Gasteiger partial charge is 0.373 e. The molecule has 1 aromatic heterocycles. The van der Waals surface area contributed by atoms with Crippen LogP contribution in [0.3, 0.4) is 0 Å². The fourth-order valence-corrected chi connectivity index (χ4v) is 2.19. The van der Waals surface area contributed by atoms with Gasteiger partial charge in [-0.15, -0.1) is 0 Å². The number of hydrogen-bond acceptors (Lipinski definition) is 3. The van der Waals surface area contributed by atoms with Crippen molar-refractivity contribution in [3.05, 3.63) is 39.7 Å². The molecular formula is C12H10BrNO3. The van der Waals surface area contributed by atoms with Gasteiger partial charge in [-0.25, -0.2) is 9.78 Å². The van der Waals surface area contributed by atoms with E-state index >= 15 is 0 Å². The normalized spacial score (nSPS) is 10.5. The Morgan fingerprint density at radius 3 is 2.59 bits per heavy atom. The highest BCUT2D eigenvalue weighted by Gasteiger charge is 2.17. The van der Waals surface area contributed by atoms with E-state index in [1.807, 2.05) is 25.1 Å². The van der Waals surface area contributed by atoms with Crippen LogP contribution < -0.4 is 0 Å². The van der Waals surface area contributed by atoms with E-state index in [0.717, 1.165) is 15.6 Å². The number of benzene rings is 1. The van der Waals surface area contributed by atoms with E-state index in [-0.39, 0.29) is 5.76 Å². The Morgan fingerprint density at radius 1 is 1.35 bits per heavy atom. The minimum atomic E-state index is -1.10. The maximum absolute atomic E-state index is 10.9. The first-order valence-electron chi connectivity index (χ1n) is 4.95. The lowest BCUT2D eigenvalue weighted by Crippen LogP contribution is -1.95. The van der Waals surface area contributed by atoms with Gasteiger partial charge in [0.05, 0.1) is 5.69 Å². The van der Waals surface area contributed by atoms with Gasteiger partial charge < -0.3 is 9.52 Å². The van der Waals surface area contributed by atoms with Crippen LogP contribution in [-0.2, 0) is 0 Å². The number of hydrogen-bond donors (Lipinski definition) is 1. The molecule has 0 saturated heterocycles. The number of aromatic carboxylic acids is 1. The number of carbonyl (C=O) groups is 1. The molecule has 1 aromatic carbocycles. The number of halogens is 1. The maximum Gasteiger partial charge on any atom is 0.373 e. The lowest BCUT2D eigenvalue weighted by Gasteiger charge is -1.99. The average molecular weight is 296 g/mol. The molecule has 17 heavy (non-hydrogen) atoms. The fourth-order valence-electron chi connectivity index (χ4n) is 1.58. The van der Waals surface area contributed by atoms with Crippen LogP contribution in [0.15, 0.2) is 27.1 Å². The summed E-state index contributed by atoms with van der Waals surface area (Å²) in [5.41, 5.74) is 2.18. The largest absolute Gasteiger partial charge is 0.475 e. The van der Waals surface area contributed by atoms with Gasteiger partial charge in [-0.05, 0) is 37.6 Å². The van der Waals surface area contributed by atoms with Crippen molar-refractivity contribution in [2.45, 2.75) is 13.8 Å². The van der Waals surface area contributed by atoms with Gasteiger partial charge >= 0.3 is 5.97 Å². The van der Waals surface area contributed by atoms with Gasteiger partial charge in [-0.1, -0.05) is 15.9 Å². The molecule has 88 valence electrons. The van der Waals surface area contributed by atoms with Gasteiger partial charge in [-0.2, -0.15) is 0 Å². The van der Waals surface area contributed by atoms with Crippen LogP contribution >= 0.6 is 15.9 Å². The van der Waals surface area contributed by atoms with Gasteiger partial charge in [0, 0.05) is 10.0 Å². The predicted molar refractivity (Wildman–Crippen MR) is 66.1 cm³/mol. The Bertz CT molecular complexity index is 569. The number of nitrogens with zero attached hydrogens (tertiary/aromatic N) is 1. The Hall–Kier alpha value is -1.62. The molecule has 0 spiro atoms. The maximum atomic E-state index is 10.9. The van der Waals surface area contributed by atoms with E-state index in [0.29, 0.717) is 11.6 Å². The van der Waals surface area contributed by atoms with Gasteiger partial charge in [0.25, 0.3) is 0 Å². The number of rotatable bonds is 2. The minimum Gasteiger partial charge on any atom is -0.475 e. The van der Waals surface area contributed by atoms with Crippen LogP contribution in [0.25, 0.3) is 11.5 Å². The SMILES string of the molecule is Cc1cc(Br)cc(-c2nc(C)c(C(=O)O)o2)c1. The third-order valence-electron chi connectivity index (χ3n) is 2.28. The number of carboxylic acid groups (broad SMARTS) is 1. The topological polar surface area (TPSA) is 63.3 Å². The highest BCUT2D eigenvalue weighted by molar-refractivity contribution is 9.10. The van der Waals surface area contributed by atoms with Crippen molar-refractivity contribution in [2.75, 3.05) is 0 Å². The molecule has 0 saturated carbocycles. The average Bonchev–Trinajstić information content (AvgIpc) is 2.59. The molecule has 2 rings (SSSR count). The summed E-state index contributed by atoms with van der Waals surface area (Å²) in [7, 11) is 0. The molecule has 0 aliphatic carbocycles.